The summed E-state index contributed by atoms with van der Waals surface area (Å²) in [5.41, 5.74) is 2.40. The molecule has 1 heterocycles. The Kier molecular flexibility index (Phi) is 3.78. The number of benzene rings is 2. The van der Waals surface area contributed by atoms with E-state index in [9.17, 15) is 4.39 Å². The van der Waals surface area contributed by atoms with E-state index in [1.54, 1.807) is 30.1 Å². The van der Waals surface area contributed by atoms with Gasteiger partial charge in [0, 0.05) is 5.56 Å². The number of hydrogen-bond acceptors (Lipinski definition) is 3. The molecule has 0 unspecified atom stereocenters. The van der Waals surface area contributed by atoms with Crippen LogP contribution >= 0.6 is 0 Å². The lowest BCUT2D eigenvalue weighted by Gasteiger charge is -2.09. The molecule has 0 aliphatic carbocycles. The summed E-state index contributed by atoms with van der Waals surface area (Å²) in [6.07, 6.45) is 1.68. The van der Waals surface area contributed by atoms with E-state index in [1.165, 1.54) is 13.2 Å². The maximum absolute atomic E-state index is 13.9. The van der Waals surface area contributed by atoms with Crippen LogP contribution in [0.4, 0.5) is 4.39 Å². The van der Waals surface area contributed by atoms with Crippen molar-refractivity contribution in [2.75, 3.05) is 14.2 Å². The Hall–Kier alpha value is -2.82. The van der Waals surface area contributed by atoms with Crippen molar-refractivity contribution in [2.45, 2.75) is 0 Å². The van der Waals surface area contributed by atoms with Gasteiger partial charge in [0.25, 0.3) is 0 Å². The average molecular weight is 298 g/mol. The first-order valence-electron chi connectivity index (χ1n) is 6.75. The minimum Gasteiger partial charge on any atom is -0.497 e. The summed E-state index contributed by atoms with van der Waals surface area (Å²) in [4.78, 5) is 0. The minimum absolute atomic E-state index is 0.222. The highest BCUT2D eigenvalue weighted by atomic mass is 19.1. The van der Waals surface area contributed by atoms with Crippen molar-refractivity contribution in [1.82, 2.24) is 9.78 Å². The number of hydrogen-bond donors (Lipinski definition) is 0. The number of halogens is 1. The smallest absolute Gasteiger partial charge is 0.165 e. The van der Waals surface area contributed by atoms with Crippen LogP contribution in [-0.4, -0.2) is 24.0 Å². The van der Waals surface area contributed by atoms with Crippen molar-refractivity contribution in [2.24, 2.45) is 0 Å². The van der Waals surface area contributed by atoms with Crippen LogP contribution in [0.15, 0.2) is 54.7 Å². The molecule has 3 aromatic rings. The highest BCUT2D eigenvalue weighted by Gasteiger charge is 2.10. The fourth-order valence-corrected chi connectivity index (χ4v) is 2.28. The zero-order valence-corrected chi connectivity index (χ0v) is 12.3. The van der Waals surface area contributed by atoms with Gasteiger partial charge >= 0.3 is 0 Å². The van der Waals surface area contributed by atoms with Crippen molar-refractivity contribution in [1.29, 1.82) is 0 Å². The van der Waals surface area contributed by atoms with Crippen molar-refractivity contribution in [3.05, 3.63) is 60.5 Å². The van der Waals surface area contributed by atoms with E-state index in [1.807, 2.05) is 30.3 Å². The molecule has 0 bridgehead atoms. The van der Waals surface area contributed by atoms with Crippen molar-refractivity contribution in [3.8, 4) is 28.4 Å². The van der Waals surface area contributed by atoms with Gasteiger partial charge in [-0.3, -0.25) is 0 Å². The first-order valence-corrected chi connectivity index (χ1v) is 6.75. The minimum atomic E-state index is -0.400. The summed E-state index contributed by atoms with van der Waals surface area (Å²) in [7, 11) is 3.06. The largest absolute Gasteiger partial charge is 0.497 e. The van der Waals surface area contributed by atoms with E-state index >= 15 is 0 Å². The van der Waals surface area contributed by atoms with Gasteiger partial charge in [-0.05, 0) is 48.5 Å². The van der Waals surface area contributed by atoms with Gasteiger partial charge in [-0.25, -0.2) is 9.07 Å². The summed E-state index contributed by atoms with van der Waals surface area (Å²) in [6.45, 7) is 0. The molecule has 0 saturated heterocycles. The Balaban J connectivity index is 2.02. The van der Waals surface area contributed by atoms with Gasteiger partial charge in [-0.2, -0.15) is 5.10 Å². The van der Waals surface area contributed by atoms with Gasteiger partial charge in [-0.15, -0.1) is 0 Å². The third-order valence-electron chi connectivity index (χ3n) is 3.41. The molecule has 5 heteroatoms. The van der Waals surface area contributed by atoms with E-state index in [4.69, 9.17) is 9.47 Å². The lowest BCUT2D eigenvalue weighted by atomic mass is 10.1. The van der Waals surface area contributed by atoms with Crippen LogP contribution in [0, 0.1) is 5.82 Å². The quantitative estimate of drug-likeness (QED) is 0.737. The third kappa shape index (κ3) is 2.53. The van der Waals surface area contributed by atoms with E-state index in [0.717, 1.165) is 22.7 Å². The highest BCUT2D eigenvalue weighted by molar-refractivity contribution is 5.63. The first-order chi connectivity index (χ1) is 10.7. The van der Waals surface area contributed by atoms with Crippen LogP contribution in [0.3, 0.4) is 0 Å². The molecule has 0 aliphatic heterocycles. The zero-order chi connectivity index (χ0) is 15.5. The molecule has 0 saturated carbocycles. The molecule has 112 valence electrons. The molecular formula is C17H15FN2O2. The normalized spacial score (nSPS) is 10.5. The Morgan fingerprint density at radius 2 is 1.73 bits per heavy atom. The number of nitrogens with zero attached hydrogens (tertiary/aromatic N) is 2. The van der Waals surface area contributed by atoms with E-state index in [2.05, 4.69) is 5.10 Å². The summed E-state index contributed by atoms with van der Waals surface area (Å²) >= 11 is 0. The van der Waals surface area contributed by atoms with Crippen LogP contribution in [0.2, 0.25) is 0 Å². The molecule has 0 spiro atoms. The molecule has 0 atom stereocenters. The molecule has 4 nitrogen and oxygen atoms in total. The third-order valence-corrected chi connectivity index (χ3v) is 3.41. The highest BCUT2D eigenvalue weighted by Crippen LogP contribution is 2.27. The van der Waals surface area contributed by atoms with E-state index in [0.29, 0.717) is 0 Å². The van der Waals surface area contributed by atoms with Crippen LogP contribution < -0.4 is 9.47 Å². The lowest BCUT2D eigenvalue weighted by Crippen LogP contribution is -1.99. The summed E-state index contributed by atoms with van der Waals surface area (Å²) in [6, 6.07) is 14.2. The fraction of sp³-hybridized carbons (Fsp3) is 0.118. The Bertz CT molecular complexity index is 782. The summed E-state index contributed by atoms with van der Waals surface area (Å²) < 4.78 is 25.8. The Labute approximate surface area is 127 Å². The molecule has 0 amide bonds. The predicted molar refractivity (Wildman–Crippen MR) is 82.1 cm³/mol. The molecular weight excluding hydrogens is 283 g/mol. The predicted octanol–water partition coefficient (Wildman–Crippen LogP) is 3.70. The zero-order valence-electron chi connectivity index (χ0n) is 12.3. The standard InChI is InChI=1S/C17H15FN2O2/c1-21-14-6-4-13(5-7-14)20-16(9-10-19-20)12-3-8-17(22-2)15(18)11-12/h3-11H,1-2H3. The molecule has 0 aliphatic rings. The Morgan fingerprint density at radius 1 is 0.955 bits per heavy atom. The lowest BCUT2D eigenvalue weighted by molar-refractivity contribution is 0.386. The van der Waals surface area contributed by atoms with Crippen molar-refractivity contribution >= 4 is 0 Å². The van der Waals surface area contributed by atoms with Crippen molar-refractivity contribution in [3.63, 3.8) is 0 Å². The van der Waals surface area contributed by atoms with E-state index in [-0.39, 0.29) is 5.75 Å². The topological polar surface area (TPSA) is 36.3 Å². The van der Waals surface area contributed by atoms with Gasteiger partial charge < -0.3 is 9.47 Å². The second kappa shape index (κ2) is 5.89. The fourth-order valence-electron chi connectivity index (χ4n) is 2.28. The van der Waals surface area contributed by atoms with Gasteiger partial charge in [0.2, 0.25) is 0 Å². The molecule has 22 heavy (non-hydrogen) atoms. The SMILES string of the molecule is COc1ccc(-n2nccc2-c2ccc(OC)c(F)c2)cc1. The molecule has 0 fully saturated rings. The molecule has 0 radical (unpaired) electrons. The van der Waals surface area contributed by atoms with Crippen LogP contribution in [-0.2, 0) is 0 Å². The van der Waals surface area contributed by atoms with Crippen LogP contribution in [0.1, 0.15) is 0 Å². The maximum atomic E-state index is 13.9. The first kappa shape index (κ1) is 14.1. The number of aromatic nitrogens is 2. The van der Waals surface area contributed by atoms with Gasteiger partial charge in [0.05, 0.1) is 31.8 Å². The monoisotopic (exact) mass is 298 g/mol. The van der Waals surface area contributed by atoms with Gasteiger partial charge in [0.15, 0.2) is 11.6 Å². The molecule has 3 rings (SSSR count). The van der Waals surface area contributed by atoms with E-state index < -0.39 is 5.82 Å². The molecule has 0 N–H and O–H groups in total. The number of ether oxygens (including phenoxy) is 2. The van der Waals surface area contributed by atoms with Gasteiger partial charge in [0.1, 0.15) is 5.75 Å². The number of rotatable bonds is 4. The maximum Gasteiger partial charge on any atom is 0.165 e. The second-order valence-electron chi connectivity index (χ2n) is 4.68. The van der Waals surface area contributed by atoms with Crippen molar-refractivity contribution < 1.29 is 13.9 Å². The van der Waals surface area contributed by atoms with Crippen LogP contribution in [0.25, 0.3) is 16.9 Å². The molecule has 2 aromatic carbocycles. The van der Waals surface area contributed by atoms with Crippen LogP contribution in [0.5, 0.6) is 11.5 Å². The average Bonchev–Trinajstić information content (AvgIpc) is 3.04. The Morgan fingerprint density at radius 3 is 2.36 bits per heavy atom. The summed E-state index contributed by atoms with van der Waals surface area (Å²) in [5.74, 6) is 0.592. The summed E-state index contributed by atoms with van der Waals surface area (Å²) in [5, 5.41) is 4.31. The van der Waals surface area contributed by atoms with Gasteiger partial charge in [-0.1, -0.05) is 0 Å². The second-order valence-corrected chi connectivity index (χ2v) is 4.68. The molecule has 1 aromatic heterocycles. The number of methoxy groups -OCH3 is 2.